The number of ether oxygens (including phenoxy) is 2. The third kappa shape index (κ3) is 4.79. The lowest BCUT2D eigenvalue weighted by atomic mass is 10.0. The highest BCUT2D eigenvalue weighted by Crippen LogP contribution is 2.36. The fourth-order valence-corrected chi connectivity index (χ4v) is 5.30. The smallest absolute Gasteiger partial charge is 0.270 e. The van der Waals surface area contributed by atoms with Gasteiger partial charge in [0.2, 0.25) is 6.79 Å². The number of benzene rings is 1. The Hall–Kier alpha value is -3.29. The van der Waals surface area contributed by atoms with E-state index in [0.29, 0.717) is 57.3 Å². The van der Waals surface area contributed by atoms with Crippen molar-refractivity contribution in [1.29, 1.82) is 5.26 Å². The molecule has 0 bridgehead atoms. The number of thiocarbonyl (C=S) groups is 1. The highest BCUT2D eigenvalue weighted by atomic mass is 32.2. The number of nitrogens with zero attached hydrogens (tertiary/aromatic N) is 3. The summed E-state index contributed by atoms with van der Waals surface area (Å²) in [4.78, 5) is 28.2. The molecule has 8 nitrogen and oxygen atoms in total. The van der Waals surface area contributed by atoms with E-state index < -0.39 is 0 Å². The number of hydrogen-bond acceptors (Lipinski definition) is 8. The summed E-state index contributed by atoms with van der Waals surface area (Å²) in [5.74, 6) is 2.01. The first-order valence-electron chi connectivity index (χ1n) is 11.3. The Morgan fingerprint density at radius 2 is 2.03 bits per heavy atom. The second kappa shape index (κ2) is 10.1. The Morgan fingerprint density at radius 1 is 1.29 bits per heavy atom. The zero-order valence-corrected chi connectivity index (χ0v) is 21.6. The van der Waals surface area contributed by atoms with E-state index in [1.165, 1.54) is 16.3 Å². The number of carbonyl (C=O) groups is 1. The number of nitriles is 1. The Balaban J connectivity index is 1.77. The third-order valence-corrected chi connectivity index (χ3v) is 7.16. The van der Waals surface area contributed by atoms with Crippen LogP contribution >= 0.6 is 24.0 Å². The van der Waals surface area contributed by atoms with Gasteiger partial charge in [0.1, 0.15) is 21.8 Å². The number of fused-ring (bicyclic) bond motifs is 1. The number of nitrogens with one attached hydrogen (secondary N) is 1. The van der Waals surface area contributed by atoms with Crippen LogP contribution in [0.4, 0.5) is 5.82 Å². The number of thioether (sulfide) groups is 1. The normalized spacial score (nSPS) is 15.9. The monoisotopic (exact) mass is 510 g/mol. The van der Waals surface area contributed by atoms with Gasteiger partial charge in [0, 0.05) is 25.2 Å². The maximum Gasteiger partial charge on any atom is 0.270 e. The van der Waals surface area contributed by atoms with Crippen LogP contribution in [0.3, 0.4) is 0 Å². The van der Waals surface area contributed by atoms with Gasteiger partial charge in [-0.1, -0.05) is 43.9 Å². The minimum Gasteiger partial charge on any atom is -0.454 e. The Kier molecular flexibility index (Phi) is 7.19. The molecule has 0 atom stereocenters. The van der Waals surface area contributed by atoms with Crippen LogP contribution in [-0.4, -0.2) is 33.0 Å². The molecule has 1 saturated heterocycles. The van der Waals surface area contributed by atoms with E-state index in [1.54, 1.807) is 17.9 Å². The van der Waals surface area contributed by atoms with Crippen LogP contribution in [0.2, 0.25) is 0 Å². The quantitative estimate of drug-likeness (QED) is 0.436. The minimum atomic E-state index is -0.370. The van der Waals surface area contributed by atoms with Gasteiger partial charge in [0.15, 0.2) is 11.5 Å². The lowest BCUT2D eigenvalue weighted by Crippen LogP contribution is -2.31. The number of pyridine rings is 1. The van der Waals surface area contributed by atoms with Crippen molar-refractivity contribution in [3.05, 3.63) is 55.7 Å². The molecule has 10 heteroatoms. The van der Waals surface area contributed by atoms with Crippen molar-refractivity contribution >= 4 is 46.1 Å². The summed E-state index contributed by atoms with van der Waals surface area (Å²) in [7, 11) is 0. The van der Waals surface area contributed by atoms with Crippen molar-refractivity contribution in [3.8, 4) is 17.6 Å². The highest BCUT2D eigenvalue weighted by Gasteiger charge is 2.33. The molecule has 0 aliphatic carbocycles. The standard InChI is InChI=1S/C25H26N4O4S2/c1-5-28-22(27-11-16-6-7-19-20(8-16)33-13-32-19)17(15(4)18(10-26)23(28)30)9-21-24(31)29(12-14(2)3)25(34)35-21/h6-9,14,27H,5,11-13H2,1-4H3/b21-9+. The fourth-order valence-electron chi connectivity index (χ4n) is 4.05. The predicted molar refractivity (Wildman–Crippen MR) is 140 cm³/mol. The molecule has 1 N–H and O–H groups in total. The molecule has 182 valence electrons. The van der Waals surface area contributed by atoms with E-state index in [2.05, 4.69) is 5.32 Å². The Morgan fingerprint density at radius 3 is 2.71 bits per heavy atom. The van der Waals surface area contributed by atoms with Crippen molar-refractivity contribution in [2.75, 3.05) is 18.7 Å². The molecule has 0 spiro atoms. The molecule has 2 aliphatic rings. The largest absolute Gasteiger partial charge is 0.454 e. The minimum absolute atomic E-state index is 0.0596. The van der Waals surface area contributed by atoms with E-state index in [4.69, 9.17) is 21.7 Å². The van der Waals surface area contributed by atoms with Crippen LogP contribution in [-0.2, 0) is 17.9 Å². The third-order valence-electron chi connectivity index (χ3n) is 5.78. The number of hydrogen-bond donors (Lipinski definition) is 1. The van der Waals surface area contributed by atoms with Gasteiger partial charge in [-0.3, -0.25) is 19.1 Å². The molecule has 4 rings (SSSR count). The molecule has 1 amide bonds. The number of anilines is 1. The van der Waals surface area contributed by atoms with Crippen molar-refractivity contribution in [3.63, 3.8) is 0 Å². The molecule has 1 aromatic heterocycles. The maximum atomic E-state index is 13.1. The first-order valence-corrected chi connectivity index (χ1v) is 12.5. The molecular formula is C25H26N4O4S2. The predicted octanol–water partition coefficient (Wildman–Crippen LogP) is 4.25. The summed E-state index contributed by atoms with van der Waals surface area (Å²) in [6.45, 7) is 9.11. The van der Waals surface area contributed by atoms with Crippen LogP contribution in [0.25, 0.3) is 6.08 Å². The van der Waals surface area contributed by atoms with Crippen molar-refractivity contribution in [2.45, 2.75) is 40.8 Å². The molecule has 3 heterocycles. The van der Waals surface area contributed by atoms with Crippen LogP contribution in [0.1, 0.15) is 43.0 Å². The van der Waals surface area contributed by atoms with Gasteiger partial charge in [0.25, 0.3) is 11.5 Å². The summed E-state index contributed by atoms with van der Waals surface area (Å²) >= 11 is 6.68. The molecule has 1 fully saturated rings. The Labute approximate surface area is 213 Å². The molecule has 35 heavy (non-hydrogen) atoms. The zero-order chi connectivity index (χ0) is 25.3. The lowest BCUT2D eigenvalue weighted by molar-refractivity contribution is -0.122. The van der Waals surface area contributed by atoms with Gasteiger partial charge in [-0.05, 0) is 49.1 Å². The van der Waals surface area contributed by atoms with Gasteiger partial charge in [-0.15, -0.1) is 0 Å². The molecule has 0 radical (unpaired) electrons. The van der Waals surface area contributed by atoms with Crippen molar-refractivity contribution < 1.29 is 14.3 Å². The van der Waals surface area contributed by atoms with Crippen LogP contribution in [0.5, 0.6) is 11.5 Å². The highest BCUT2D eigenvalue weighted by molar-refractivity contribution is 8.26. The summed E-state index contributed by atoms with van der Waals surface area (Å²) in [5, 5.41) is 13.1. The van der Waals surface area contributed by atoms with Gasteiger partial charge < -0.3 is 14.8 Å². The van der Waals surface area contributed by atoms with Gasteiger partial charge in [0.05, 0.1) is 4.91 Å². The van der Waals surface area contributed by atoms with Crippen LogP contribution < -0.4 is 20.3 Å². The average molecular weight is 511 g/mol. The molecule has 2 aromatic rings. The van der Waals surface area contributed by atoms with Gasteiger partial charge in [-0.25, -0.2) is 0 Å². The van der Waals surface area contributed by atoms with Gasteiger partial charge >= 0.3 is 0 Å². The topological polar surface area (TPSA) is 96.6 Å². The van der Waals surface area contributed by atoms with E-state index in [1.807, 2.05) is 45.0 Å². The van der Waals surface area contributed by atoms with E-state index in [-0.39, 0.29) is 29.7 Å². The Bertz CT molecular complexity index is 1340. The number of aromatic nitrogens is 1. The number of carbonyl (C=O) groups excluding carboxylic acids is 1. The molecule has 1 aromatic carbocycles. The summed E-state index contributed by atoms with van der Waals surface area (Å²) < 4.78 is 12.9. The molecular weight excluding hydrogens is 484 g/mol. The van der Waals surface area contributed by atoms with E-state index >= 15 is 0 Å². The first-order chi connectivity index (χ1) is 16.7. The van der Waals surface area contributed by atoms with Crippen LogP contribution in [0, 0.1) is 24.2 Å². The summed E-state index contributed by atoms with van der Waals surface area (Å²) in [5.41, 5.74) is 1.76. The molecule has 0 saturated carbocycles. The van der Waals surface area contributed by atoms with Gasteiger partial charge in [-0.2, -0.15) is 5.26 Å². The summed E-state index contributed by atoms with van der Waals surface area (Å²) in [6.07, 6.45) is 1.74. The maximum absolute atomic E-state index is 13.1. The lowest BCUT2D eigenvalue weighted by Gasteiger charge is -2.19. The SMILES string of the molecule is CCn1c(NCc2ccc3c(c2)OCO3)c(/C=C2/SC(=S)N(CC(C)C)C2=O)c(C)c(C#N)c1=O. The second-order valence-corrected chi connectivity index (χ2v) is 10.3. The fraction of sp³-hybridized carbons (Fsp3) is 0.360. The zero-order valence-electron chi connectivity index (χ0n) is 20.0. The van der Waals surface area contributed by atoms with Crippen molar-refractivity contribution in [1.82, 2.24) is 9.47 Å². The number of amides is 1. The molecule has 0 unspecified atom stereocenters. The van der Waals surface area contributed by atoms with E-state index in [9.17, 15) is 14.9 Å². The summed E-state index contributed by atoms with van der Waals surface area (Å²) in [6, 6.07) is 7.69. The van der Waals surface area contributed by atoms with Crippen LogP contribution in [0.15, 0.2) is 27.9 Å². The number of rotatable bonds is 7. The van der Waals surface area contributed by atoms with Crippen molar-refractivity contribution in [2.24, 2.45) is 5.92 Å². The van der Waals surface area contributed by atoms with E-state index in [0.717, 1.165) is 5.56 Å². The first kappa shape index (κ1) is 24.8. The average Bonchev–Trinajstić information content (AvgIpc) is 3.39. The molecule has 2 aliphatic heterocycles. The second-order valence-electron chi connectivity index (χ2n) is 8.65.